The summed E-state index contributed by atoms with van der Waals surface area (Å²) >= 11 is 5.96. The lowest BCUT2D eigenvalue weighted by atomic mass is 10.2. The highest BCUT2D eigenvalue weighted by molar-refractivity contribution is 6.35. The summed E-state index contributed by atoms with van der Waals surface area (Å²) in [5.41, 5.74) is 0.463. The van der Waals surface area contributed by atoms with E-state index in [9.17, 15) is 4.79 Å². The van der Waals surface area contributed by atoms with E-state index < -0.39 is 0 Å². The molecule has 14 heavy (non-hydrogen) atoms. The van der Waals surface area contributed by atoms with Crippen LogP contribution >= 0.6 is 11.6 Å². The highest BCUT2D eigenvalue weighted by Gasteiger charge is 2.04. The molecule has 0 radical (unpaired) electrons. The zero-order chi connectivity index (χ0) is 10.1. The number of hydrogen-bond acceptors (Lipinski definition) is 2. The molecular weight excluding hydrogens is 202 g/mol. The Hall–Kier alpha value is -1.48. The second-order valence-electron chi connectivity index (χ2n) is 2.86. The highest BCUT2D eigenvalue weighted by atomic mass is 35.5. The van der Waals surface area contributed by atoms with Crippen LogP contribution in [0, 0.1) is 0 Å². The van der Waals surface area contributed by atoms with Crippen LogP contribution in [0.25, 0.3) is 10.9 Å². The van der Waals surface area contributed by atoms with Gasteiger partial charge in [-0.2, -0.15) is 0 Å². The van der Waals surface area contributed by atoms with Crippen molar-refractivity contribution in [3.05, 3.63) is 39.6 Å². The molecule has 0 aliphatic carbocycles. The van der Waals surface area contributed by atoms with Crippen molar-refractivity contribution >= 4 is 22.5 Å². The molecule has 0 spiro atoms. The van der Waals surface area contributed by atoms with Crippen molar-refractivity contribution in [1.82, 2.24) is 4.98 Å². The first-order chi connectivity index (χ1) is 6.72. The van der Waals surface area contributed by atoms with Gasteiger partial charge in [0.05, 0.1) is 17.6 Å². The lowest BCUT2D eigenvalue weighted by Gasteiger charge is -2.05. The molecule has 0 fully saturated rings. The second kappa shape index (κ2) is 3.35. The van der Waals surface area contributed by atoms with Crippen LogP contribution in [0.2, 0.25) is 5.02 Å². The first kappa shape index (κ1) is 9.09. The van der Waals surface area contributed by atoms with Gasteiger partial charge in [-0.1, -0.05) is 11.6 Å². The molecule has 3 nitrogen and oxygen atoms in total. The molecule has 1 heterocycles. The number of nitrogens with one attached hydrogen (secondary N) is 1. The van der Waals surface area contributed by atoms with Crippen LogP contribution in [-0.4, -0.2) is 12.1 Å². The van der Waals surface area contributed by atoms with E-state index in [0.29, 0.717) is 16.3 Å². The Labute approximate surface area is 85.3 Å². The molecule has 2 aromatic rings. The summed E-state index contributed by atoms with van der Waals surface area (Å²) in [6, 6.07) is 6.58. The fourth-order valence-electron chi connectivity index (χ4n) is 1.36. The monoisotopic (exact) mass is 209 g/mol. The first-order valence-electron chi connectivity index (χ1n) is 4.08. The Balaban J connectivity index is 2.92. The third-order valence-electron chi connectivity index (χ3n) is 2.02. The number of aromatic amines is 1. The van der Waals surface area contributed by atoms with E-state index in [1.807, 2.05) is 0 Å². The third kappa shape index (κ3) is 1.36. The molecule has 0 saturated heterocycles. The predicted molar refractivity (Wildman–Crippen MR) is 56.1 cm³/mol. The SMILES string of the molecule is COc1ccc(Cl)c2ccc(=O)[nH]c12. The summed E-state index contributed by atoms with van der Waals surface area (Å²) in [5, 5.41) is 1.38. The molecule has 0 aliphatic heterocycles. The molecule has 72 valence electrons. The lowest BCUT2D eigenvalue weighted by Crippen LogP contribution is -2.03. The first-order valence-corrected chi connectivity index (χ1v) is 4.45. The van der Waals surface area contributed by atoms with Gasteiger partial charge in [0.1, 0.15) is 5.75 Å². The fraction of sp³-hybridized carbons (Fsp3) is 0.100. The number of aromatic nitrogens is 1. The molecule has 0 amide bonds. The quantitative estimate of drug-likeness (QED) is 0.782. The van der Waals surface area contributed by atoms with Gasteiger partial charge in [0.2, 0.25) is 5.56 Å². The standard InChI is InChI=1S/C10H8ClNO2/c1-14-8-4-3-7(11)6-2-5-9(13)12-10(6)8/h2-5H,1H3,(H,12,13). The van der Waals surface area contributed by atoms with Crippen molar-refractivity contribution in [2.45, 2.75) is 0 Å². The minimum absolute atomic E-state index is 0.168. The molecule has 1 aromatic carbocycles. The average Bonchev–Trinajstić information content (AvgIpc) is 2.18. The average molecular weight is 210 g/mol. The van der Waals surface area contributed by atoms with Gasteiger partial charge >= 0.3 is 0 Å². The van der Waals surface area contributed by atoms with E-state index in [0.717, 1.165) is 5.39 Å². The maximum Gasteiger partial charge on any atom is 0.248 e. The van der Waals surface area contributed by atoms with Crippen molar-refractivity contribution < 1.29 is 4.74 Å². The lowest BCUT2D eigenvalue weighted by molar-refractivity contribution is 0.419. The number of pyridine rings is 1. The van der Waals surface area contributed by atoms with Crippen molar-refractivity contribution in [3.8, 4) is 5.75 Å². The summed E-state index contributed by atoms with van der Waals surface area (Å²) in [6.45, 7) is 0. The number of fused-ring (bicyclic) bond motifs is 1. The van der Waals surface area contributed by atoms with E-state index in [1.165, 1.54) is 6.07 Å². The van der Waals surface area contributed by atoms with Gasteiger partial charge in [-0.05, 0) is 18.2 Å². The zero-order valence-corrected chi connectivity index (χ0v) is 8.26. The van der Waals surface area contributed by atoms with Gasteiger partial charge in [-0.25, -0.2) is 0 Å². The molecule has 0 aliphatic rings. The highest BCUT2D eigenvalue weighted by Crippen LogP contribution is 2.28. The van der Waals surface area contributed by atoms with E-state index in [1.54, 1.807) is 25.3 Å². The molecule has 0 bridgehead atoms. The zero-order valence-electron chi connectivity index (χ0n) is 7.50. The molecule has 0 atom stereocenters. The Morgan fingerprint density at radius 1 is 1.29 bits per heavy atom. The van der Waals surface area contributed by atoms with Crippen LogP contribution < -0.4 is 10.3 Å². The van der Waals surface area contributed by atoms with Crippen molar-refractivity contribution in [1.29, 1.82) is 0 Å². The van der Waals surface area contributed by atoms with Crippen LogP contribution in [0.5, 0.6) is 5.75 Å². The molecule has 1 aromatic heterocycles. The number of H-pyrrole nitrogens is 1. The normalized spacial score (nSPS) is 10.4. The summed E-state index contributed by atoms with van der Waals surface area (Å²) in [5.74, 6) is 0.613. The minimum Gasteiger partial charge on any atom is -0.495 e. The Bertz CT molecular complexity index is 533. The van der Waals surface area contributed by atoms with Gasteiger partial charge in [0.25, 0.3) is 0 Å². The Morgan fingerprint density at radius 3 is 2.79 bits per heavy atom. The summed E-state index contributed by atoms with van der Waals surface area (Å²) in [4.78, 5) is 13.8. The van der Waals surface area contributed by atoms with Crippen LogP contribution in [0.1, 0.15) is 0 Å². The van der Waals surface area contributed by atoms with Crippen LogP contribution in [0.15, 0.2) is 29.1 Å². The topological polar surface area (TPSA) is 42.1 Å². The Morgan fingerprint density at radius 2 is 2.07 bits per heavy atom. The number of ether oxygens (including phenoxy) is 1. The van der Waals surface area contributed by atoms with Crippen LogP contribution in [-0.2, 0) is 0 Å². The van der Waals surface area contributed by atoms with Crippen LogP contribution in [0.3, 0.4) is 0 Å². The third-order valence-corrected chi connectivity index (χ3v) is 2.35. The van der Waals surface area contributed by atoms with Crippen molar-refractivity contribution in [3.63, 3.8) is 0 Å². The molecule has 2 rings (SSSR count). The predicted octanol–water partition coefficient (Wildman–Crippen LogP) is 2.19. The molecule has 4 heteroatoms. The number of halogens is 1. The maximum atomic E-state index is 11.1. The van der Waals surface area contributed by atoms with E-state index >= 15 is 0 Å². The van der Waals surface area contributed by atoms with Gasteiger partial charge in [-0.3, -0.25) is 4.79 Å². The van der Waals surface area contributed by atoms with Crippen molar-refractivity contribution in [2.75, 3.05) is 7.11 Å². The minimum atomic E-state index is -0.168. The van der Waals surface area contributed by atoms with E-state index in [-0.39, 0.29) is 5.56 Å². The molecule has 0 unspecified atom stereocenters. The van der Waals surface area contributed by atoms with E-state index in [2.05, 4.69) is 4.98 Å². The molecule has 0 saturated carbocycles. The fourth-order valence-corrected chi connectivity index (χ4v) is 1.58. The van der Waals surface area contributed by atoms with Gasteiger partial charge in [-0.15, -0.1) is 0 Å². The summed E-state index contributed by atoms with van der Waals surface area (Å²) in [6.07, 6.45) is 0. The van der Waals surface area contributed by atoms with Gasteiger partial charge < -0.3 is 9.72 Å². The van der Waals surface area contributed by atoms with Gasteiger partial charge in [0, 0.05) is 11.5 Å². The second-order valence-corrected chi connectivity index (χ2v) is 3.27. The summed E-state index contributed by atoms with van der Waals surface area (Å²) < 4.78 is 5.11. The smallest absolute Gasteiger partial charge is 0.248 e. The number of methoxy groups -OCH3 is 1. The Kier molecular flexibility index (Phi) is 2.17. The molecule has 1 N–H and O–H groups in total. The molecular formula is C10H8ClNO2. The van der Waals surface area contributed by atoms with Gasteiger partial charge in [0.15, 0.2) is 0 Å². The number of rotatable bonds is 1. The maximum absolute atomic E-state index is 11.1. The van der Waals surface area contributed by atoms with Crippen LogP contribution in [0.4, 0.5) is 0 Å². The summed E-state index contributed by atoms with van der Waals surface area (Å²) in [7, 11) is 1.55. The largest absolute Gasteiger partial charge is 0.495 e. The number of hydrogen-bond donors (Lipinski definition) is 1. The van der Waals surface area contributed by atoms with E-state index in [4.69, 9.17) is 16.3 Å². The van der Waals surface area contributed by atoms with Crippen molar-refractivity contribution in [2.24, 2.45) is 0 Å². The number of benzene rings is 1.